The predicted molar refractivity (Wildman–Crippen MR) is 184 cm³/mol. The predicted octanol–water partition coefficient (Wildman–Crippen LogP) is 5.82. The van der Waals surface area contributed by atoms with Crippen LogP contribution < -0.4 is 10.4 Å². The van der Waals surface area contributed by atoms with Gasteiger partial charge in [0.25, 0.3) is 0 Å². The van der Waals surface area contributed by atoms with Gasteiger partial charge < -0.3 is 23.7 Å². The second kappa shape index (κ2) is 11.7. The lowest BCUT2D eigenvalue weighted by molar-refractivity contribution is -0.219. The molecule has 1 N–H and O–H groups in total. The average Bonchev–Trinajstić information content (AvgIpc) is 3.43. The third-order valence-corrected chi connectivity index (χ3v) is 19.4. The molecule has 2 aromatic carbocycles. The summed E-state index contributed by atoms with van der Waals surface area (Å²) >= 11 is 0. The van der Waals surface area contributed by atoms with Crippen molar-refractivity contribution in [2.75, 3.05) is 6.61 Å². The van der Waals surface area contributed by atoms with Gasteiger partial charge in [0.05, 0.1) is 6.61 Å². The zero-order valence-electron chi connectivity index (χ0n) is 28.2. The highest BCUT2D eigenvalue weighted by Crippen LogP contribution is 2.49. The maximum atomic E-state index is 12.6. The van der Waals surface area contributed by atoms with Gasteiger partial charge >= 0.3 is 0 Å². The fraction of sp³-hybridized carbons (Fsp3) is 0.514. The van der Waals surface area contributed by atoms with Crippen LogP contribution in [0.3, 0.4) is 0 Å². The molecule has 2 aliphatic rings. The first-order chi connectivity index (χ1) is 20.3. The Morgan fingerprint density at radius 2 is 1.43 bits per heavy atom. The van der Waals surface area contributed by atoms with Gasteiger partial charge in [0.2, 0.25) is 13.7 Å². The summed E-state index contributed by atoms with van der Waals surface area (Å²) in [6, 6.07) is 20.7. The summed E-state index contributed by atoms with van der Waals surface area (Å²) in [5.74, 6) is 5.16. The van der Waals surface area contributed by atoms with E-state index in [4.69, 9.17) is 25.1 Å². The number of rotatable bonds is 7. The van der Waals surface area contributed by atoms with Gasteiger partial charge in [-0.05, 0) is 53.5 Å². The quantitative estimate of drug-likeness (QED) is 0.237. The van der Waals surface area contributed by atoms with Gasteiger partial charge in [-0.1, -0.05) is 121 Å². The third-order valence-electron chi connectivity index (χ3n) is 9.70. The molecule has 236 valence electrons. The molecule has 4 rings (SSSR count). The van der Waals surface area contributed by atoms with E-state index in [0.717, 1.165) is 10.4 Å². The first-order valence-electron chi connectivity index (χ1n) is 15.5. The summed E-state index contributed by atoms with van der Waals surface area (Å²) in [5.41, 5.74) is 0.0437. The number of fused-ring (bicyclic) bond motifs is 1. The summed E-state index contributed by atoms with van der Waals surface area (Å²) in [4.78, 5) is 0. The van der Waals surface area contributed by atoms with Crippen LogP contribution in [0.2, 0.25) is 23.2 Å². The van der Waals surface area contributed by atoms with E-state index in [0.29, 0.717) is 0 Å². The standard InChI is InChI=1S/C37H50O5Si2/c1-13-36(38,25-26-44(34(6,7)8,28-21-17-15-18-22-28)29-23-19-16-20-24-29)37(14-2)32-31(41-35(9,10)42-32)30(40-37)27-39-43(11,12)33(3,4)5/h2,13,15-24,30-32,38H,1,27H2,3-12H3/t30-,31-,32-,36-,37-/m1/s1. The largest absolute Gasteiger partial charge is 0.414 e. The molecule has 0 aromatic heterocycles. The van der Waals surface area contributed by atoms with Gasteiger partial charge in [-0.25, -0.2) is 0 Å². The lowest BCUT2D eigenvalue weighted by atomic mass is 9.79. The van der Waals surface area contributed by atoms with Crippen molar-refractivity contribution in [1.29, 1.82) is 0 Å². The Labute approximate surface area is 267 Å². The topological polar surface area (TPSA) is 57.2 Å². The fourth-order valence-electron chi connectivity index (χ4n) is 6.14. The molecule has 0 spiro atoms. The molecule has 0 amide bonds. The summed E-state index contributed by atoms with van der Waals surface area (Å²) in [7, 11) is -5.03. The van der Waals surface area contributed by atoms with E-state index in [1.807, 2.05) is 50.2 Å². The molecule has 2 saturated heterocycles. The number of aliphatic hydroxyl groups is 1. The highest BCUT2D eigenvalue weighted by Gasteiger charge is 2.69. The van der Waals surface area contributed by atoms with Crippen molar-refractivity contribution in [2.45, 2.75) is 114 Å². The van der Waals surface area contributed by atoms with Gasteiger partial charge in [-0.15, -0.1) is 12.0 Å². The van der Waals surface area contributed by atoms with Crippen LogP contribution in [0.4, 0.5) is 0 Å². The molecule has 7 heteroatoms. The molecule has 2 fully saturated rings. The third kappa shape index (κ3) is 5.81. The first kappa shape index (κ1) is 34.4. The minimum atomic E-state index is -2.90. The highest BCUT2D eigenvalue weighted by atomic mass is 28.4. The van der Waals surface area contributed by atoms with E-state index >= 15 is 0 Å². The SMILES string of the molecule is C#C[C@@]1([C@](O)(C#C[Si](c2ccccc2)(c2ccccc2)C(C)(C)C)C=C)O[C@H](CO[Si](C)(C)C(C)(C)C)[C@H]2OC(C)(C)O[C@H]21. The molecule has 2 heterocycles. The Morgan fingerprint density at radius 3 is 1.86 bits per heavy atom. The average molecular weight is 631 g/mol. The first-order valence-corrected chi connectivity index (χ1v) is 20.4. The van der Waals surface area contributed by atoms with Crippen LogP contribution in [0, 0.1) is 23.8 Å². The van der Waals surface area contributed by atoms with E-state index in [9.17, 15) is 5.11 Å². The van der Waals surface area contributed by atoms with E-state index in [1.165, 1.54) is 6.08 Å². The molecule has 0 unspecified atom stereocenters. The molecule has 2 aromatic rings. The number of hydrogen-bond acceptors (Lipinski definition) is 5. The molecule has 5 nitrogen and oxygen atoms in total. The minimum absolute atomic E-state index is 0.00361. The summed E-state index contributed by atoms with van der Waals surface area (Å²) < 4.78 is 26.1. The summed E-state index contributed by atoms with van der Waals surface area (Å²) in [5, 5.41) is 14.6. The smallest absolute Gasteiger partial charge is 0.204 e. The number of ether oxygens (including phenoxy) is 3. The fourth-order valence-corrected chi connectivity index (χ4v) is 11.6. The van der Waals surface area contributed by atoms with E-state index in [-0.39, 0.29) is 16.7 Å². The van der Waals surface area contributed by atoms with Crippen molar-refractivity contribution in [3.63, 3.8) is 0 Å². The number of hydrogen-bond donors (Lipinski definition) is 1. The second-order valence-electron chi connectivity index (χ2n) is 15.1. The number of benzene rings is 2. The Hall–Kier alpha value is -2.47. The lowest BCUT2D eigenvalue weighted by Crippen LogP contribution is -2.64. The van der Waals surface area contributed by atoms with Crippen LogP contribution in [0.5, 0.6) is 0 Å². The van der Waals surface area contributed by atoms with Crippen LogP contribution in [0.25, 0.3) is 0 Å². The van der Waals surface area contributed by atoms with Crippen molar-refractivity contribution < 1.29 is 23.7 Å². The molecular weight excluding hydrogens is 581 g/mol. The van der Waals surface area contributed by atoms with Crippen LogP contribution in [-0.4, -0.2) is 63.4 Å². The maximum Gasteiger partial charge on any atom is 0.204 e. The zero-order valence-corrected chi connectivity index (χ0v) is 30.2. The normalized spacial score (nSPS) is 26.5. The van der Waals surface area contributed by atoms with E-state index in [1.54, 1.807) is 0 Å². The monoisotopic (exact) mass is 630 g/mol. The second-order valence-corrected chi connectivity index (χ2v) is 24.3. The van der Waals surface area contributed by atoms with Crippen molar-refractivity contribution in [1.82, 2.24) is 0 Å². The van der Waals surface area contributed by atoms with Crippen molar-refractivity contribution in [3.05, 3.63) is 73.3 Å². The molecule has 0 aliphatic carbocycles. The Bertz CT molecular complexity index is 1400. The van der Waals surface area contributed by atoms with E-state index < -0.39 is 51.7 Å². The number of terminal acetylenes is 1. The molecule has 0 bridgehead atoms. The van der Waals surface area contributed by atoms with Gasteiger partial charge in [-0.2, -0.15) is 0 Å². The van der Waals surface area contributed by atoms with Crippen LogP contribution in [0.1, 0.15) is 55.4 Å². The Kier molecular flexibility index (Phi) is 9.16. The van der Waals surface area contributed by atoms with Gasteiger partial charge in [0.15, 0.2) is 19.7 Å². The minimum Gasteiger partial charge on any atom is -0.414 e. The molecular formula is C37H50O5Si2. The lowest BCUT2D eigenvalue weighted by Gasteiger charge is -2.42. The van der Waals surface area contributed by atoms with Gasteiger partial charge in [0.1, 0.15) is 18.3 Å². The molecule has 2 aliphatic heterocycles. The summed E-state index contributed by atoms with van der Waals surface area (Å²) in [6.45, 7) is 25.6. The Morgan fingerprint density at radius 1 is 0.909 bits per heavy atom. The summed E-state index contributed by atoms with van der Waals surface area (Å²) in [6.07, 6.45) is 5.79. The van der Waals surface area contributed by atoms with E-state index in [2.05, 4.69) is 103 Å². The molecule has 0 radical (unpaired) electrons. The van der Waals surface area contributed by atoms with Crippen LogP contribution in [0.15, 0.2) is 73.3 Å². The van der Waals surface area contributed by atoms with Crippen molar-refractivity contribution in [2.24, 2.45) is 0 Å². The van der Waals surface area contributed by atoms with Crippen molar-refractivity contribution >= 4 is 26.8 Å². The van der Waals surface area contributed by atoms with Gasteiger partial charge in [0, 0.05) is 0 Å². The van der Waals surface area contributed by atoms with Crippen LogP contribution >= 0.6 is 0 Å². The maximum absolute atomic E-state index is 12.6. The van der Waals surface area contributed by atoms with Gasteiger partial charge in [-0.3, -0.25) is 0 Å². The molecule has 5 atom stereocenters. The van der Waals surface area contributed by atoms with Crippen molar-refractivity contribution in [3.8, 4) is 23.8 Å². The molecule has 0 saturated carbocycles. The molecule has 44 heavy (non-hydrogen) atoms. The van der Waals surface area contributed by atoms with Crippen LogP contribution in [-0.2, 0) is 18.6 Å². The zero-order chi connectivity index (χ0) is 32.8. The Balaban J connectivity index is 1.88. The highest BCUT2D eigenvalue weighted by molar-refractivity contribution is 7.10.